The second kappa shape index (κ2) is 10.3. The minimum absolute atomic E-state index is 0.00522. The lowest BCUT2D eigenvalue weighted by Crippen LogP contribution is -2.32. The van der Waals surface area contributed by atoms with E-state index in [4.69, 9.17) is 0 Å². The van der Waals surface area contributed by atoms with E-state index in [1.165, 1.54) is 12.1 Å². The number of benzene rings is 3. The summed E-state index contributed by atoms with van der Waals surface area (Å²) in [6.07, 6.45) is 7.32. The van der Waals surface area contributed by atoms with Gasteiger partial charge in [-0.25, -0.2) is 8.42 Å². The summed E-state index contributed by atoms with van der Waals surface area (Å²) in [5.74, 6) is -0.280. The molecule has 4 aromatic rings. The van der Waals surface area contributed by atoms with E-state index in [-0.39, 0.29) is 22.4 Å². The minimum Gasteiger partial charge on any atom is -0.381 e. The molecular weight excluding hydrogens is 474 g/mol. The lowest BCUT2D eigenvalue weighted by Gasteiger charge is -2.16. The van der Waals surface area contributed by atoms with E-state index >= 15 is 0 Å². The summed E-state index contributed by atoms with van der Waals surface area (Å²) in [4.78, 5) is 21.8. The van der Waals surface area contributed by atoms with Gasteiger partial charge in [-0.3, -0.25) is 19.5 Å². The normalized spacial score (nSPS) is 14.0. The highest BCUT2D eigenvalue weighted by molar-refractivity contribution is 7.92. The smallest absolute Gasteiger partial charge is 0.261 e. The average Bonchev–Trinajstić information content (AvgIpc) is 3.40. The molecule has 0 spiro atoms. The Labute approximate surface area is 210 Å². The maximum atomic E-state index is 13.2. The van der Waals surface area contributed by atoms with Crippen molar-refractivity contribution in [1.29, 1.82) is 0 Å². The SMILES string of the molecule is O=C(NC1CCCC1)c1cc(NCc2cccc3nccnc23)cc(S(=O)(=O)Nc2ccccc2)c1. The van der Waals surface area contributed by atoms with Gasteiger partial charge in [0.25, 0.3) is 15.9 Å². The van der Waals surface area contributed by atoms with Crippen LogP contribution in [0.1, 0.15) is 41.6 Å². The molecule has 9 heteroatoms. The Morgan fingerprint density at radius 2 is 1.67 bits per heavy atom. The van der Waals surface area contributed by atoms with E-state index in [0.717, 1.165) is 42.3 Å². The fourth-order valence-electron chi connectivity index (χ4n) is 4.44. The Hall–Kier alpha value is -3.98. The molecular formula is C27H27N5O3S. The van der Waals surface area contributed by atoms with Gasteiger partial charge in [0.15, 0.2) is 0 Å². The van der Waals surface area contributed by atoms with Gasteiger partial charge in [-0.2, -0.15) is 0 Å². The van der Waals surface area contributed by atoms with Gasteiger partial charge in [0.1, 0.15) is 0 Å². The maximum absolute atomic E-state index is 13.2. The molecule has 0 unspecified atom stereocenters. The predicted molar refractivity (Wildman–Crippen MR) is 140 cm³/mol. The Morgan fingerprint density at radius 1 is 0.889 bits per heavy atom. The number of hydrogen-bond acceptors (Lipinski definition) is 6. The summed E-state index contributed by atoms with van der Waals surface area (Å²) in [7, 11) is -3.93. The summed E-state index contributed by atoms with van der Waals surface area (Å²) in [5.41, 5.74) is 3.70. The number of fused-ring (bicyclic) bond motifs is 1. The van der Waals surface area contributed by atoms with E-state index in [1.807, 2.05) is 24.3 Å². The van der Waals surface area contributed by atoms with Crippen LogP contribution in [0.3, 0.4) is 0 Å². The van der Waals surface area contributed by atoms with Crippen molar-refractivity contribution in [3.63, 3.8) is 0 Å². The number of aromatic nitrogens is 2. The Bertz CT molecular complexity index is 1480. The van der Waals surface area contributed by atoms with Crippen LogP contribution in [0.5, 0.6) is 0 Å². The van der Waals surface area contributed by atoms with Crippen LogP contribution in [-0.4, -0.2) is 30.3 Å². The molecule has 8 nitrogen and oxygen atoms in total. The van der Waals surface area contributed by atoms with E-state index in [2.05, 4.69) is 25.3 Å². The molecule has 0 atom stereocenters. The highest BCUT2D eigenvalue weighted by Gasteiger charge is 2.22. The average molecular weight is 502 g/mol. The monoisotopic (exact) mass is 501 g/mol. The van der Waals surface area contributed by atoms with Gasteiger partial charge in [-0.15, -0.1) is 0 Å². The number of para-hydroxylation sites is 2. The first-order valence-electron chi connectivity index (χ1n) is 11.9. The third-order valence-electron chi connectivity index (χ3n) is 6.26. The summed E-state index contributed by atoms with van der Waals surface area (Å²) in [6.45, 7) is 0.384. The molecule has 184 valence electrons. The highest BCUT2D eigenvalue weighted by Crippen LogP contribution is 2.24. The number of nitrogens with one attached hydrogen (secondary N) is 3. The third kappa shape index (κ3) is 5.46. The fourth-order valence-corrected chi connectivity index (χ4v) is 5.57. The highest BCUT2D eigenvalue weighted by atomic mass is 32.2. The summed E-state index contributed by atoms with van der Waals surface area (Å²) >= 11 is 0. The molecule has 0 radical (unpaired) electrons. The van der Waals surface area contributed by atoms with Crippen molar-refractivity contribution in [2.45, 2.75) is 43.2 Å². The van der Waals surface area contributed by atoms with Crippen LogP contribution in [0.2, 0.25) is 0 Å². The second-order valence-electron chi connectivity index (χ2n) is 8.87. The first-order valence-corrected chi connectivity index (χ1v) is 13.4. The fraction of sp³-hybridized carbons (Fsp3) is 0.222. The van der Waals surface area contributed by atoms with Gasteiger partial charge >= 0.3 is 0 Å². The van der Waals surface area contributed by atoms with Gasteiger partial charge in [0.05, 0.1) is 15.9 Å². The van der Waals surface area contributed by atoms with Crippen molar-refractivity contribution in [2.75, 3.05) is 10.0 Å². The lowest BCUT2D eigenvalue weighted by molar-refractivity contribution is 0.0937. The zero-order valence-corrected chi connectivity index (χ0v) is 20.5. The molecule has 1 aliphatic carbocycles. The van der Waals surface area contributed by atoms with Crippen molar-refractivity contribution >= 4 is 38.3 Å². The molecule has 1 amide bonds. The Morgan fingerprint density at radius 3 is 2.47 bits per heavy atom. The first kappa shape index (κ1) is 23.7. The van der Waals surface area contributed by atoms with Gasteiger partial charge < -0.3 is 10.6 Å². The molecule has 3 aromatic carbocycles. The number of anilines is 2. The van der Waals surface area contributed by atoms with E-state index in [1.54, 1.807) is 42.7 Å². The van der Waals surface area contributed by atoms with Gasteiger partial charge in [0.2, 0.25) is 0 Å². The van der Waals surface area contributed by atoms with Crippen LogP contribution in [0, 0.1) is 0 Å². The summed E-state index contributed by atoms with van der Waals surface area (Å²) in [6, 6.07) is 19.2. The van der Waals surface area contributed by atoms with Crippen LogP contribution >= 0.6 is 0 Å². The zero-order chi connectivity index (χ0) is 25.0. The van der Waals surface area contributed by atoms with E-state index in [0.29, 0.717) is 17.9 Å². The molecule has 1 saturated carbocycles. The zero-order valence-electron chi connectivity index (χ0n) is 19.6. The number of amides is 1. The summed E-state index contributed by atoms with van der Waals surface area (Å²) in [5, 5.41) is 6.33. The van der Waals surface area contributed by atoms with Crippen LogP contribution in [0.4, 0.5) is 11.4 Å². The van der Waals surface area contributed by atoms with Crippen LogP contribution in [0.15, 0.2) is 84.0 Å². The molecule has 36 heavy (non-hydrogen) atoms. The molecule has 5 rings (SSSR count). The number of hydrogen-bond donors (Lipinski definition) is 3. The van der Waals surface area contributed by atoms with Crippen molar-refractivity contribution in [3.05, 3.63) is 90.3 Å². The molecule has 1 fully saturated rings. The number of carbonyl (C=O) groups excluding carboxylic acids is 1. The molecule has 0 aliphatic heterocycles. The number of nitrogens with zero attached hydrogens (tertiary/aromatic N) is 2. The van der Waals surface area contributed by atoms with E-state index in [9.17, 15) is 13.2 Å². The molecule has 0 bridgehead atoms. The summed E-state index contributed by atoms with van der Waals surface area (Å²) < 4.78 is 29.1. The van der Waals surface area contributed by atoms with Crippen LogP contribution in [-0.2, 0) is 16.6 Å². The molecule has 0 saturated heterocycles. The quantitative estimate of drug-likeness (QED) is 0.322. The topological polar surface area (TPSA) is 113 Å². The first-order chi connectivity index (χ1) is 17.5. The van der Waals surface area contributed by atoms with Gasteiger partial charge in [-0.1, -0.05) is 43.2 Å². The van der Waals surface area contributed by atoms with Crippen LogP contribution in [0.25, 0.3) is 11.0 Å². The maximum Gasteiger partial charge on any atom is 0.261 e. The predicted octanol–water partition coefficient (Wildman–Crippen LogP) is 4.72. The molecule has 3 N–H and O–H groups in total. The second-order valence-corrected chi connectivity index (χ2v) is 10.5. The Kier molecular flexibility index (Phi) is 6.81. The molecule has 1 aliphatic rings. The van der Waals surface area contributed by atoms with Gasteiger partial charge in [0, 0.05) is 41.9 Å². The Balaban J connectivity index is 1.45. The third-order valence-corrected chi connectivity index (χ3v) is 7.62. The number of carbonyl (C=O) groups is 1. The van der Waals surface area contributed by atoms with Crippen molar-refractivity contribution in [1.82, 2.24) is 15.3 Å². The van der Waals surface area contributed by atoms with Crippen molar-refractivity contribution in [3.8, 4) is 0 Å². The van der Waals surface area contributed by atoms with Crippen molar-refractivity contribution < 1.29 is 13.2 Å². The molecule has 1 aromatic heterocycles. The van der Waals surface area contributed by atoms with Gasteiger partial charge in [-0.05, 0) is 54.8 Å². The largest absolute Gasteiger partial charge is 0.381 e. The molecule has 1 heterocycles. The van der Waals surface area contributed by atoms with Crippen LogP contribution < -0.4 is 15.4 Å². The van der Waals surface area contributed by atoms with E-state index < -0.39 is 10.0 Å². The standard InChI is InChI=1S/C27H27N5O3S/c33-27(31-21-8-4-5-9-21)20-15-23(30-18-19-7-6-12-25-26(19)29-14-13-28-25)17-24(16-20)36(34,35)32-22-10-2-1-3-11-22/h1-3,6-7,10-17,21,30,32H,4-5,8-9,18H2,(H,31,33). The lowest BCUT2D eigenvalue weighted by atomic mass is 10.1. The number of sulfonamides is 1. The van der Waals surface area contributed by atoms with Crippen molar-refractivity contribution in [2.24, 2.45) is 0 Å². The number of rotatable bonds is 8. The minimum atomic E-state index is -3.93.